The van der Waals surface area contributed by atoms with E-state index in [9.17, 15) is 4.79 Å². The summed E-state index contributed by atoms with van der Waals surface area (Å²) in [5.74, 6) is 0.814. The molecule has 2 atom stereocenters. The van der Waals surface area contributed by atoms with Gasteiger partial charge in [0.2, 0.25) is 0 Å². The molecule has 0 spiro atoms. The molecule has 0 aliphatic heterocycles. The molecule has 0 aromatic carbocycles. The van der Waals surface area contributed by atoms with Crippen molar-refractivity contribution in [1.29, 1.82) is 0 Å². The van der Waals surface area contributed by atoms with Gasteiger partial charge < -0.3 is 14.5 Å². The lowest BCUT2D eigenvalue weighted by Crippen LogP contribution is -2.16. The monoisotopic (exact) mass is 385 g/mol. The van der Waals surface area contributed by atoms with E-state index in [1.54, 1.807) is 14.2 Å². The van der Waals surface area contributed by atoms with Gasteiger partial charge in [0.05, 0.1) is 13.2 Å². The highest BCUT2D eigenvalue weighted by molar-refractivity contribution is 5.27. The minimum atomic E-state index is -0.00119. The quantitative estimate of drug-likeness (QED) is 0.439. The van der Waals surface area contributed by atoms with E-state index in [2.05, 4.69) is 56.1 Å². The van der Waals surface area contributed by atoms with Crippen molar-refractivity contribution >= 4 is 0 Å². The number of aromatic amines is 1. The van der Waals surface area contributed by atoms with Crippen molar-refractivity contribution in [2.24, 2.45) is 5.92 Å². The second-order valence-corrected chi connectivity index (χ2v) is 7.16. The Hall–Kier alpha value is -2.33. The number of aromatic nitrogens is 1. The van der Waals surface area contributed by atoms with Crippen molar-refractivity contribution in [3.8, 4) is 5.88 Å². The Labute approximate surface area is 169 Å². The Balaban J connectivity index is 2.71. The molecule has 1 aromatic rings. The Bertz CT molecular complexity index is 797. The fourth-order valence-electron chi connectivity index (χ4n) is 2.98. The van der Waals surface area contributed by atoms with Gasteiger partial charge in [-0.25, -0.2) is 0 Å². The molecule has 0 unspecified atom stereocenters. The molecule has 4 heteroatoms. The largest absolute Gasteiger partial charge is 0.482 e. The fraction of sp³-hybridized carbons (Fsp3) is 0.458. The van der Waals surface area contributed by atoms with Crippen LogP contribution in [0.5, 0.6) is 5.88 Å². The van der Waals surface area contributed by atoms with Crippen LogP contribution in [0.15, 0.2) is 58.5 Å². The zero-order valence-corrected chi connectivity index (χ0v) is 18.3. The van der Waals surface area contributed by atoms with E-state index in [4.69, 9.17) is 9.47 Å². The summed E-state index contributed by atoms with van der Waals surface area (Å²) in [6.45, 7) is 10.2. The number of allylic oxidation sites excluding steroid dienone is 6. The van der Waals surface area contributed by atoms with Crippen LogP contribution < -0.4 is 10.2 Å². The van der Waals surface area contributed by atoms with Crippen LogP contribution in [-0.2, 0) is 11.2 Å². The molecule has 154 valence electrons. The van der Waals surface area contributed by atoms with Crippen LogP contribution in [0.1, 0.15) is 45.4 Å². The molecule has 0 amide bonds. The van der Waals surface area contributed by atoms with E-state index in [0.29, 0.717) is 18.2 Å². The lowest BCUT2D eigenvalue weighted by atomic mass is 10.0. The average Bonchev–Trinajstić information content (AvgIpc) is 2.66. The SMILES string of the molecule is C/C=C/[C@@H](OC)[C@H](C)/C=C(C)/C=C/C/C(C)=C/Cc1[nH]c(OC)cc(=O)c1C. The highest BCUT2D eigenvalue weighted by atomic mass is 16.5. The van der Waals surface area contributed by atoms with Crippen LogP contribution in [0, 0.1) is 12.8 Å². The molecule has 0 saturated carbocycles. The first-order chi connectivity index (χ1) is 13.3. The topological polar surface area (TPSA) is 51.3 Å². The molecule has 0 fully saturated rings. The van der Waals surface area contributed by atoms with Gasteiger partial charge >= 0.3 is 0 Å². The molecule has 28 heavy (non-hydrogen) atoms. The summed E-state index contributed by atoms with van der Waals surface area (Å²) in [6.07, 6.45) is 14.5. The molecule has 4 nitrogen and oxygen atoms in total. The first-order valence-electron chi connectivity index (χ1n) is 9.75. The van der Waals surface area contributed by atoms with E-state index in [1.807, 2.05) is 19.9 Å². The zero-order valence-electron chi connectivity index (χ0n) is 18.3. The predicted molar refractivity (Wildman–Crippen MR) is 118 cm³/mol. The molecule has 1 aromatic heterocycles. The number of methoxy groups -OCH3 is 2. The molecule has 1 heterocycles. The van der Waals surface area contributed by atoms with Crippen LogP contribution >= 0.6 is 0 Å². The summed E-state index contributed by atoms with van der Waals surface area (Å²) in [6, 6.07) is 1.48. The van der Waals surface area contributed by atoms with E-state index < -0.39 is 0 Å². The maximum absolute atomic E-state index is 12.0. The number of H-pyrrole nitrogens is 1. The summed E-state index contributed by atoms with van der Waals surface area (Å²) in [4.78, 5) is 15.1. The van der Waals surface area contributed by atoms with Crippen LogP contribution in [0.25, 0.3) is 0 Å². The van der Waals surface area contributed by atoms with Gasteiger partial charge in [0.15, 0.2) is 11.3 Å². The third kappa shape index (κ3) is 7.73. The summed E-state index contributed by atoms with van der Waals surface area (Å²) in [5.41, 5.74) is 4.11. The van der Waals surface area contributed by atoms with Crippen molar-refractivity contribution in [1.82, 2.24) is 4.98 Å². The molecule has 0 saturated heterocycles. The van der Waals surface area contributed by atoms with E-state index in [1.165, 1.54) is 17.2 Å². The standard InChI is InChI=1S/C24H35NO3/c1-8-10-23(27-6)19(4)15-18(3)12-9-11-17(2)13-14-21-20(5)22(26)16-24(25-21)28-7/h8-10,12-13,15-16,19,23H,11,14H2,1-7H3,(H,25,26)/b10-8+,12-9+,17-13+,18-15+/t19-,23-/m1/s1. The number of pyridine rings is 1. The Morgan fingerprint density at radius 3 is 2.61 bits per heavy atom. The van der Waals surface area contributed by atoms with Gasteiger partial charge in [0.1, 0.15) is 0 Å². The van der Waals surface area contributed by atoms with Gasteiger partial charge in [-0.1, -0.05) is 54.5 Å². The second-order valence-electron chi connectivity index (χ2n) is 7.16. The smallest absolute Gasteiger partial charge is 0.194 e. The lowest BCUT2D eigenvalue weighted by Gasteiger charge is -2.16. The van der Waals surface area contributed by atoms with E-state index in [0.717, 1.165) is 17.7 Å². The third-order valence-corrected chi connectivity index (χ3v) is 4.75. The minimum Gasteiger partial charge on any atom is -0.482 e. The van der Waals surface area contributed by atoms with Crippen LogP contribution in [0.2, 0.25) is 0 Å². The summed E-state index contributed by atoms with van der Waals surface area (Å²) in [5, 5.41) is 0. The van der Waals surface area contributed by atoms with E-state index >= 15 is 0 Å². The van der Waals surface area contributed by atoms with Gasteiger partial charge in [0, 0.05) is 36.8 Å². The van der Waals surface area contributed by atoms with Crippen molar-refractivity contribution in [2.75, 3.05) is 14.2 Å². The van der Waals surface area contributed by atoms with Crippen molar-refractivity contribution in [3.63, 3.8) is 0 Å². The average molecular weight is 386 g/mol. The number of rotatable bonds is 10. The summed E-state index contributed by atoms with van der Waals surface area (Å²) in [7, 11) is 3.30. The zero-order chi connectivity index (χ0) is 21.1. The highest BCUT2D eigenvalue weighted by Gasteiger charge is 2.10. The molecule has 0 aliphatic rings. The molecule has 1 N–H and O–H groups in total. The van der Waals surface area contributed by atoms with Crippen molar-refractivity contribution < 1.29 is 9.47 Å². The van der Waals surface area contributed by atoms with Gasteiger partial charge in [-0.15, -0.1) is 0 Å². The Kier molecular flexibility index (Phi) is 10.3. The van der Waals surface area contributed by atoms with Gasteiger partial charge in [-0.2, -0.15) is 0 Å². The normalized spacial score (nSPS) is 15.4. The fourth-order valence-corrected chi connectivity index (χ4v) is 2.98. The first kappa shape index (κ1) is 23.7. The predicted octanol–water partition coefficient (Wildman–Crippen LogP) is 5.30. The molecule has 0 aliphatic carbocycles. The minimum absolute atomic E-state index is 0.00119. The van der Waals surface area contributed by atoms with Crippen LogP contribution in [0.4, 0.5) is 0 Å². The van der Waals surface area contributed by atoms with Gasteiger partial charge in [-0.3, -0.25) is 4.79 Å². The van der Waals surface area contributed by atoms with Crippen molar-refractivity contribution in [2.45, 2.75) is 53.6 Å². The van der Waals surface area contributed by atoms with Gasteiger partial charge in [0.25, 0.3) is 0 Å². The number of hydrogen-bond acceptors (Lipinski definition) is 3. The van der Waals surface area contributed by atoms with Crippen LogP contribution in [-0.4, -0.2) is 25.3 Å². The van der Waals surface area contributed by atoms with Crippen LogP contribution in [0.3, 0.4) is 0 Å². The molecule has 1 rings (SSSR count). The Morgan fingerprint density at radius 1 is 1.29 bits per heavy atom. The van der Waals surface area contributed by atoms with Gasteiger partial charge in [-0.05, 0) is 34.1 Å². The molecule has 0 bridgehead atoms. The Morgan fingerprint density at radius 2 is 2.00 bits per heavy atom. The number of hydrogen-bond donors (Lipinski definition) is 1. The maximum atomic E-state index is 12.0. The number of nitrogens with one attached hydrogen (secondary N) is 1. The highest BCUT2D eigenvalue weighted by Crippen LogP contribution is 2.14. The van der Waals surface area contributed by atoms with Crippen molar-refractivity contribution in [3.05, 3.63) is 75.1 Å². The first-order valence-corrected chi connectivity index (χ1v) is 9.75. The lowest BCUT2D eigenvalue weighted by molar-refractivity contribution is 0.112. The summed E-state index contributed by atoms with van der Waals surface area (Å²) < 4.78 is 10.7. The van der Waals surface area contributed by atoms with E-state index in [-0.39, 0.29) is 11.5 Å². The maximum Gasteiger partial charge on any atom is 0.194 e. The molecular formula is C24H35NO3. The molecular weight excluding hydrogens is 350 g/mol. The number of ether oxygens (including phenoxy) is 2. The second kappa shape index (κ2) is 12.2. The molecule has 0 radical (unpaired) electrons. The third-order valence-electron chi connectivity index (χ3n) is 4.75. The summed E-state index contributed by atoms with van der Waals surface area (Å²) >= 11 is 0.